The molecule has 0 saturated heterocycles. The first-order valence-electron chi connectivity index (χ1n) is 23.6. The van der Waals surface area contributed by atoms with Crippen molar-refractivity contribution >= 4 is 94.4 Å². The number of ether oxygens (including phenoxy) is 1. The van der Waals surface area contributed by atoms with Crippen LogP contribution < -0.4 is 21.0 Å². The summed E-state index contributed by atoms with van der Waals surface area (Å²) in [7, 11) is 0. The van der Waals surface area contributed by atoms with Gasteiger partial charge in [0, 0.05) is 39.8 Å². The first kappa shape index (κ1) is 62.1. The molecule has 80 heavy (non-hydrogen) atoms. The van der Waals surface area contributed by atoms with Crippen LogP contribution in [-0.4, -0.2) is 81.2 Å². The van der Waals surface area contributed by atoms with Crippen molar-refractivity contribution in [1.29, 1.82) is 0 Å². The number of aromatic hydroxyl groups is 3. The Bertz CT molecular complexity index is 3540. The molecule has 0 saturated carbocycles. The Hall–Kier alpha value is -8.79. The molecule has 0 aliphatic rings. The van der Waals surface area contributed by atoms with Crippen molar-refractivity contribution in [2.75, 3.05) is 13.2 Å². The summed E-state index contributed by atoms with van der Waals surface area (Å²) < 4.78 is 5.52. The van der Waals surface area contributed by atoms with E-state index in [1.54, 1.807) is 42.5 Å². The highest BCUT2D eigenvalue weighted by atomic mass is 35.5. The fraction of sp³-hybridized carbons (Fsp3) is 0.100. The highest BCUT2D eigenvalue weighted by Gasteiger charge is 2.10. The Morgan fingerprint density at radius 2 is 0.863 bits per heavy atom. The maximum Gasteiger partial charge on any atom is 0.271 e. The van der Waals surface area contributed by atoms with Gasteiger partial charge < -0.3 is 30.3 Å². The van der Waals surface area contributed by atoms with Crippen LogP contribution in [0, 0.1) is 35.5 Å². The predicted octanol–water partition coefficient (Wildman–Crippen LogP) is 11.0. The van der Waals surface area contributed by atoms with Gasteiger partial charge >= 0.3 is 0 Å². The molecule has 0 aliphatic carbocycles. The van der Waals surface area contributed by atoms with Crippen LogP contribution in [0.3, 0.4) is 0 Å². The van der Waals surface area contributed by atoms with Crippen LogP contribution >= 0.6 is 58.0 Å². The molecule has 0 heterocycles. The first-order chi connectivity index (χ1) is 38.5. The largest absolute Gasteiger partial charge is 0.506 e. The monoisotopic (exact) mass is 1170 g/mol. The number of hydrogen-bond acceptors (Lipinski definition) is 12. The molecular formula is C60H47Cl5N6O9. The lowest BCUT2D eigenvalue weighted by atomic mass is 10.1. The molecule has 0 aliphatic heterocycles. The number of hydrogen-bond donors (Lipinski definition) is 8. The Kier molecular flexibility index (Phi) is 25.5. The summed E-state index contributed by atoms with van der Waals surface area (Å²) >= 11 is 29.4. The second kappa shape index (κ2) is 32.8. The normalized spacial score (nSPS) is 10.8. The fourth-order valence-corrected chi connectivity index (χ4v) is 7.06. The summed E-state index contributed by atoms with van der Waals surface area (Å²) in [6, 6.07) is 39.3. The second-order valence-electron chi connectivity index (χ2n) is 16.1. The Morgan fingerprint density at radius 1 is 0.512 bits per heavy atom. The number of phenols is 3. The molecule has 406 valence electrons. The SMILES string of the molecule is CCC(O)CC#Cc1ccc(/C=N/NC(=O)c2ccc(O)c(Cl)c2)cc1.O=C(N/N=C/c1ccc(C#CCO)cc1)c1ccc(O)c(Cl)c1.O=C(N/N=C/c1ccc(C#CCOc2c(Cl)cccc2Cl)cc1)c1ccc(O)c(Cl)c1. The van der Waals surface area contributed by atoms with Gasteiger partial charge in [-0.2, -0.15) is 15.3 Å². The number of rotatable bonds is 13. The molecule has 7 rings (SSSR count). The van der Waals surface area contributed by atoms with Crippen LogP contribution in [0.2, 0.25) is 25.1 Å². The van der Waals surface area contributed by atoms with E-state index in [-0.39, 0.29) is 57.2 Å². The van der Waals surface area contributed by atoms with Gasteiger partial charge in [-0.25, -0.2) is 16.3 Å². The molecule has 0 spiro atoms. The predicted molar refractivity (Wildman–Crippen MR) is 314 cm³/mol. The highest BCUT2D eigenvalue weighted by Crippen LogP contribution is 2.32. The lowest BCUT2D eigenvalue weighted by Gasteiger charge is -2.05. The van der Waals surface area contributed by atoms with E-state index in [0.29, 0.717) is 39.8 Å². The van der Waals surface area contributed by atoms with E-state index in [4.69, 9.17) is 67.8 Å². The highest BCUT2D eigenvalue weighted by molar-refractivity contribution is 6.37. The average molecular weight is 1170 g/mol. The summed E-state index contributed by atoms with van der Waals surface area (Å²) in [5.74, 6) is 16.0. The lowest BCUT2D eigenvalue weighted by Crippen LogP contribution is -2.17. The maximum atomic E-state index is 12.0. The lowest BCUT2D eigenvalue weighted by molar-refractivity contribution is 0.0947. The fourth-order valence-electron chi connectivity index (χ4n) is 6.02. The number of hydrazone groups is 3. The van der Waals surface area contributed by atoms with E-state index in [1.807, 2.05) is 55.5 Å². The summed E-state index contributed by atoms with van der Waals surface area (Å²) in [4.78, 5) is 35.8. The molecule has 20 heteroatoms. The average Bonchev–Trinajstić information content (AvgIpc) is 3.45. The standard InChI is InChI=1S/C23H15Cl3N2O3.C20H19ClN2O3.C17H13ClN2O3/c24-18-4-1-5-19(25)22(18)31-12-2-3-15-6-8-16(9-7-15)14-27-28-23(30)17-10-11-21(29)20(26)13-17;1-2-17(24)5-3-4-14-6-8-15(9-7-14)13-22-23-20(26)16-10-11-19(25)18(21)12-16;18-15-10-14(7-8-16(15)22)17(23)20-19-11-13-5-3-12(4-6-13)2-1-9-21/h1,4-11,13-14,29H,12H2,(H,28,30);6-13,17,24-25H,2,5H2,1H3,(H,23,26);3-8,10-11,21-22H,9H2,(H,20,23)/b27-14+;22-13+;19-11+. The second-order valence-corrected chi connectivity index (χ2v) is 18.2. The van der Waals surface area contributed by atoms with E-state index in [0.717, 1.165) is 33.4 Å². The molecular weight excluding hydrogens is 1130 g/mol. The van der Waals surface area contributed by atoms with Gasteiger partial charge in [0.1, 0.15) is 30.5 Å². The van der Waals surface area contributed by atoms with E-state index in [1.165, 1.54) is 73.2 Å². The number of carbonyl (C=O) groups excluding carboxylic acids is 3. The van der Waals surface area contributed by atoms with Crippen LogP contribution in [0.4, 0.5) is 0 Å². The minimum atomic E-state index is -0.445. The third-order valence-electron chi connectivity index (χ3n) is 10.3. The van der Waals surface area contributed by atoms with Crippen molar-refractivity contribution in [2.45, 2.75) is 25.9 Å². The van der Waals surface area contributed by atoms with Gasteiger partial charge in [-0.3, -0.25) is 14.4 Å². The number of nitrogens with zero attached hydrogens (tertiary/aromatic N) is 3. The smallest absolute Gasteiger partial charge is 0.271 e. The van der Waals surface area contributed by atoms with Crippen molar-refractivity contribution < 1.29 is 44.7 Å². The summed E-state index contributed by atoms with van der Waals surface area (Å²) in [5, 5.41) is 59.0. The van der Waals surface area contributed by atoms with Gasteiger partial charge in [0.25, 0.3) is 17.7 Å². The molecule has 0 fully saturated rings. The van der Waals surface area contributed by atoms with Gasteiger partial charge in [0.2, 0.25) is 0 Å². The number of amides is 3. The molecule has 0 radical (unpaired) electrons. The number of nitrogens with one attached hydrogen (secondary N) is 3. The molecule has 1 atom stereocenters. The summed E-state index contributed by atoms with van der Waals surface area (Å²) in [6.07, 6.45) is 5.25. The van der Waals surface area contributed by atoms with Crippen molar-refractivity contribution in [3.63, 3.8) is 0 Å². The molecule has 0 aromatic heterocycles. The van der Waals surface area contributed by atoms with E-state index < -0.39 is 17.7 Å². The van der Waals surface area contributed by atoms with Gasteiger partial charge in [-0.1, -0.05) is 143 Å². The van der Waals surface area contributed by atoms with Crippen LogP contribution in [0.1, 0.15) is 84.2 Å². The number of aliphatic hydroxyl groups is 2. The van der Waals surface area contributed by atoms with E-state index in [9.17, 15) is 34.8 Å². The quantitative estimate of drug-likeness (QED) is 0.0311. The zero-order chi connectivity index (χ0) is 57.8. The number of halogens is 5. The number of aliphatic hydroxyl groups excluding tert-OH is 2. The van der Waals surface area contributed by atoms with Crippen molar-refractivity contribution in [3.8, 4) is 58.5 Å². The zero-order valence-electron chi connectivity index (χ0n) is 42.1. The van der Waals surface area contributed by atoms with Crippen molar-refractivity contribution in [2.24, 2.45) is 15.3 Å². The Balaban J connectivity index is 0.000000223. The van der Waals surface area contributed by atoms with Gasteiger partial charge in [0.15, 0.2) is 5.75 Å². The van der Waals surface area contributed by atoms with Crippen LogP contribution in [0.15, 0.2) is 161 Å². The van der Waals surface area contributed by atoms with Gasteiger partial charge in [-0.15, -0.1) is 0 Å². The Morgan fingerprint density at radius 3 is 1.20 bits per heavy atom. The molecule has 7 aromatic carbocycles. The minimum Gasteiger partial charge on any atom is -0.506 e. The summed E-state index contributed by atoms with van der Waals surface area (Å²) in [5.41, 5.74) is 12.8. The third kappa shape index (κ3) is 21.2. The minimum absolute atomic E-state index is 0.0842. The van der Waals surface area contributed by atoms with Crippen molar-refractivity contribution in [1.82, 2.24) is 16.3 Å². The first-order valence-corrected chi connectivity index (χ1v) is 25.5. The molecule has 15 nitrogen and oxygen atoms in total. The number of phenolic OH excluding ortho intramolecular Hbond substituents is 3. The van der Waals surface area contributed by atoms with Gasteiger partial charge in [0.05, 0.1) is 49.9 Å². The zero-order valence-corrected chi connectivity index (χ0v) is 45.9. The Labute approximate surface area is 486 Å². The molecule has 1 unspecified atom stereocenters. The van der Waals surface area contributed by atoms with E-state index in [2.05, 4.69) is 67.1 Å². The molecule has 8 N–H and O–H groups in total. The molecule has 7 aromatic rings. The number of para-hydroxylation sites is 1. The van der Waals surface area contributed by atoms with Crippen LogP contribution in [0.5, 0.6) is 23.0 Å². The number of benzene rings is 7. The number of carbonyl (C=O) groups is 3. The van der Waals surface area contributed by atoms with Crippen LogP contribution in [0.25, 0.3) is 0 Å². The third-order valence-corrected chi connectivity index (χ3v) is 11.8. The topological polar surface area (TPSA) is 235 Å². The molecule has 3 amide bonds. The molecule has 0 bridgehead atoms. The van der Waals surface area contributed by atoms with Crippen molar-refractivity contribution in [3.05, 3.63) is 221 Å². The summed E-state index contributed by atoms with van der Waals surface area (Å²) in [6.45, 7) is 1.87. The maximum absolute atomic E-state index is 12.0. The van der Waals surface area contributed by atoms with E-state index >= 15 is 0 Å². The van der Waals surface area contributed by atoms with Gasteiger partial charge in [-0.05, 0) is 126 Å². The van der Waals surface area contributed by atoms with Crippen LogP contribution in [-0.2, 0) is 0 Å².